The summed E-state index contributed by atoms with van der Waals surface area (Å²) in [6.45, 7) is 2.20. The number of carboxylic acids is 1. The molecule has 0 atom stereocenters. The third-order valence-corrected chi connectivity index (χ3v) is 7.30. The van der Waals surface area contributed by atoms with E-state index in [4.69, 9.17) is 5.11 Å². The average Bonchev–Trinajstić information content (AvgIpc) is 3.34. The van der Waals surface area contributed by atoms with Crippen molar-refractivity contribution in [1.29, 1.82) is 0 Å². The second-order valence-corrected chi connectivity index (χ2v) is 9.79. The summed E-state index contributed by atoms with van der Waals surface area (Å²) in [5.41, 5.74) is 10.1. The maximum absolute atomic E-state index is 10.9. The summed E-state index contributed by atoms with van der Waals surface area (Å²) in [7, 11) is 0. The number of carbonyl (C=O) groups is 1. The van der Waals surface area contributed by atoms with Gasteiger partial charge in [-0.2, -0.15) is 0 Å². The molecule has 1 aliphatic carbocycles. The van der Waals surface area contributed by atoms with Crippen molar-refractivity contribution in [3.05, 3.63) is 92.6 Å². The molecular formula is C26H21NO2S2. The first-order valence-corrected chi connectivity index (χ1v) is 12.0. The Labute approximate surface area is 189 Å². The summed E-state index contributed by atoms with van der Waals surface area (Å²) >= 11 is 3.45. The van der Waals surface area contributed by atoms with Crippen molar-refractivity contribution in [2.45, 2.75) is 19.8 Å². The number of thiophene rings is 1. The van der Waals surface area contributed by atoms with Crippen LogP contribution in [0, 0.1) is 12.8 Å². The van der Waals surface area contributed by atoms with Crippen LogP contribution in [0.5, 0.6) is 0 Å². The van der Waals surface area contributed by atoms with Crippen LogP contribution >= 0.6 is 22.7 Å². The minimum absolute atomic E-state index is 0.570. The number of benzene rings is 2. The number of thiazole rings is 1. The number of aromatic nitrogens is 1. The van der Waals surface area contributed by atoms with E-state index in [2.05, 4.69) is 53.7 Å². The summed E-state index contributed by atoms with van der Waals surface area (Å²) in [4.78, 5) is 16.7. The lowest BCUT2D eigenvalue weighted by atomic mass is 9.87. The van der Waals surface area contributed by atoms with Gasteiger partial charge in [0.25, 0.3) is 0 Å². The molecule has 0 saturated heterocycles. The third-order valence-electron chi connectivity index (χ3n) is 5.64. The molecule has 1 aliphatic rings. The van der Waals surface area contributed by atoms with Crippen molar-refractivity contribution < 1.29 is 9.90 Å². The molecule has 1 saturated carbocycles. The Morgan fingerprint density at radius 1 is 1.06 bits per heavy atom. The zero-order chi connectivity index (χ0) is 21.4. The van der Waals surface area contributed by atoms with E-state index >= 15 is 0 Å². The van der Waals surface area contributed by atoms with E-state index in [9.17, 15) is 4.79 Å². The lowest BCUT2D eigenvalue weighted by Gasteiger charge is -2.17. The van der Waals surface area contributed by atoms with E-state index in [1.165, 1.54) is 50.8 Å². The van der Waals surface area contributed by atoms with Gasteiger partial charge >= 0.3 is 5.97 Å². The van der Waals surface area contributed by atoms with Crippen LogP contribution in [0.1, 0.15) is 40.0 Å². The van der Waals surface area contributed by atoms with E-state index in [1.54, 1.807) is 28.7 Å². The number of fused-ring (bicyclic) bond motifs is 1. The minimum Gasteiger partial charge on any atom is -0.478 e. The molecule has 31 heavy (non-hydrogen) atoms. The van der Waals surface area contributed by atoms with Crippen molar-refractivity contribution in [3.8, 4) is 0 Å². The van der Waals surface area contributed by atoms with Gasteiger partial charge in [0, 0.05) is 11.0 Å². The number of aliphatic carboxylic acids is 1. The van der Waals surface area contributed by atoms with Crippen LogP contribution in [0.15, 0.2) is 65.5 Å². The molecular weight excluding hydrogens is 422 g/mol. The van der Waals surface area contributed by atoms with Crippen LogP contribution < -0.4 is 0 Å². The van der Waals surface area contributed by atoms with Crippen LogP contribution in [0.2, 0.25) is 0 Å². The molecule has 1 fully saturated rings. The SMILES string of the molecule is Cc1sccc1/C(=C(\c1ccc(/C=C/C(=O)O)cc1)c1ccc2scnc2c1)C1CC1. The Bertz CT molecular complexity index is 1320. The van der Waals surface area contributed by atoms with E-state index in [1.807, 2.05) is 17.6 Å². The van der Waals surface area contributed by atoms with Crippen molar-refractivity contribution in [2.75, 3.05) is 0 Å². The van der Waals surface area contributed by atoms with Crippen molar-refractivity contribution in [1.82, 2.24) is 4.98 Å². The zero-order valence-corrected chi connectivity index (χ0v) is 18.7. The van der Waals surface area contributed by atoms with Crippen LogP contribution in [0.4, 0.5) is 0 Å². The van der Waals surface area contributed by atoms with E-state index in [0.29, 0.717) is 5.92 Å². The third kappa shape index (κ3) is 4.11. The number of aryl methyl sites for hydroxylation is 1. The van der Waals surface area contributed by atoms with Gasteiger partial charge in [0.2, 0.25) is 0 Å². The van der Waals surface area contributed by atoms with Gasteiger partial charge in [-0.05, 0) is 88.7 Å². The summed E-state index contributed by atoms with van der Waals surface area (Å²) in [5, 5.41) is 11.1. The van der Waals surface area contributed by atoms with Crippen molar-refractivity contribution in [2.24, 2.45) is 5.92 Å². The number of rotatable bonds is 6. The van der Waals surface area contributed by atoms with Gasteiger partial charge in [-0.3, -0.25) is 0 Å². The average molecular weight is 444 g/mol. The molecule has 0 radical (unpaired) electrons. The highest BCUT2D eigenvalue weighted by atomic mass is 32.1. The Kier molecular flexibility index (Phi) is 5.30. The lowest BCUT2D eigenvalue weighted by molar-refractivity contribution is -0.131. The van der Waals surface area contributed by atoms with Gasteiger partial charge in [0.15, 0.2) is 0 Å². The van der Waals surface area contributed by atoms with Gasteiger partial charge in [0.1, 0.15) is 0 Å². The fraction of sp³-hybridized carbons (Fsp3) is 0.154. The number of nitrogens with zero attached hydrogens (tertiary/aromatic N) is 1. The maximum Gasteiger partial charge on any atom is 0.328 e. The fourth-order valence-electron chi connectivity index (χ4n) is 4.01. The second kappa shape index (κ2) is 8.25. The molecule has 4 aromatic rings. The summed E-state index contributed by atoms with van der Waals surface area (Å²) in [6.07, 6.45) is 5.23. The van der Waals surface area contributed by atoms with Crippen LogP contribution in [-0.2, 0) is 4.79 Å². The molecule has 2 aromatic heterocycles. The molecule has 5 rings (SSSR count). The highest BCUT2D eigenvalue weighted by Crippen LogP contribution is 2.49. The number of hydrogen-bond acceptors (Lipinski definition) is 4. The normalized spacial score (nSPS) is 14.9. The fourth-order valence-corrected chi connectivity index (χ4v) is 5.39. The predicted molar refractivity (Wildman–Crippen MR) is 130 cm³/mol. The summed E-state index contributed by atoms with van der Waals surface area (Å²) in [5.74, 6) is -0.369. The molecule has 154 valence electrons. The van der Waals surface area contributed by atoms with E-state index < -0.39 is 5.97 Å². The van der Waals surface area contributed by atoms with Gasteiger partial charge in [-0.15, -0.1) is 22.7 Å². The smallest absolute Gasteiger partial charge is 0.328 e. The molecule has 0 bridgehead atoms. The van der Waals surface area contributed by atoms with Gasteiger partial charge < -0.3 is 5.11 Å². The van der Waals surface area contributed by atoms with E-state index in [0.717, 1.165) is 16.6 Å². The first kappa shape index (κ1) is 19.9. The van der Waals surface area contributed by atoms with Gasteiger partial charge in [-0.1, -0.05) is 30.3 Å². The molecule has 1 N–H and O–H groups in total. The molecule has 5 heteroatoms. The zero-order valence-electron chi connectivity index (χ0n) is 17.0. The first-order valence-electron chi connectivity index (χ1n) is 10.2. The Hall–Kier alpha value is -3.02. The van der Waals surface area contributed by atoms with Crippen LogP contribution in [0.3, 0.4) is 0 Å². The monoisotopic (exact) mass is 443 g/mol. The largest absolute Gasteiger partial charge is 0.478 e. The minimum atomic E-state index is -0.940. The maximum atomic E-state index is 10.9. The highest BCUT2D eigenvalue weighted by molar-refractivity contribution is 7.16. The topological polar surface area (TPSA) is 50.2 Å². The number of carboxylic acid groups (broad SMARTS) is 1. The predicted octanol–water partition coefficient (Wildman–Crippen LogP) is 7.13. The summed E-state index contributed by atoms with van der Waals surface area (Å²) < 4.78 is 1.19. The lowest BCUT2D eigenvalue weighted by Crippen LogP contribution is -1.98. The van der Waals surface area contributed by atoms with Crippen molar-refractivity contribution in [3.63, 3.8) is 0 Å². The standard InChI is InChI=1S/C26H21NO2S2/c1-16-21(12-13-30-16)26(19-7-8-19)25(20-9-10-23-22(14-20)27-15-31-23)18-5-2-17(3-6-18)4-11-24(28)29/h2-6,9-15,19H,7-8H2,1H3,(H,28,29)/b11-4+,26-25+. The number of allylic oxidation sites excluding steroid dienone is 1. The molecule has 0 unspecified atom stereocenters. The highest BCUT2D eigenvalue weighted by Gasteiger charge is 2.31. The second-order valence-electron chi connectivity index (χ2n) is 7.78. The quantitative estimate of drug-likeness (QED) is 0.322. The Balaban J connectivity index is 1.71. The first-order chi connectivity index (χ1) is 15.1. The molecule has 2 aromatic carbocycles. The molecule has 3 nitrogen and oxygen atoms in total. The van der Waals surface area contributed by atoms with Crippen molar-refractivity contribution >= 4 is 56.1 Å². The molecule has 2 heterocycles. The molecule has 0 aliphatic heterocycles. The molecule has 0 amide bonds. The van der Waals surface area contributed by atoms with Crippen LogP contribution in [-0.4, -0.2) is 16.1 Å². The van der Waals surface area contributed by atoms with E-state index in [-0.39, 0.29) is 0 Å². The van der Waals surface area contributed by atoms with Crippen LogP contribution in [0.25, 0.3) is 27.4 Å². The Morgan fingerprint density at radius 3 is 2.52 bits per heavy atom. The van der Waals surface area contributed by atoms with Gasteiger partial charge in [0.05, 0.1) is 15.7 Å². The Morgan fingerprint density at radius 2 is 1.84 bits per heavy atom. The summed E-state index contributed by atoms with van der Waals surface area (Å²) in [6, 6.07) is 17.0. The number of hydrogen-bond donors (Lipinski definition) is 1. The molecule has 0 spiro atoms. The van der Waals surface area contributed by atoms with Gasteiger partial charge in [-0.25, -0.2) is 9.78 Å².